The molecular formula is C15H15N3O2. The third kappa shape index (κ3) is 3.04. The minimum atomic E-state index is -0.359. The predicted molar refractivity (Wildman–Crippen MR) is 73.2 cm³/mol. The van der Waals surface area contributed by atoms with Crippen LogP contribution >= 0.6 is 0 Å². The van der Waals surface area contributed by atoms with Crippen LogP contribution in [0.1, 0.15) is 34.1 Å². The van der Waals surface area contributed by atoms with Crippen LogP contribution < -0.4 is 0 Å². The molecule has 2 rings (SSSR count). The molecule has 0 aliphatic rings. The van der Waals surface area contributed by atoms with Gasteiger partial charge >= 0.3 is 5.97 Å². The minimum Gasteiger partial charge on any atom is -0.462 e. The lowest BCUT2D eigenvalue weighted by Crippen LogP contribution is -2.05. The third-order valence-electron chi connectivity index (χ3n) is 2.84. The Morgan fingerprint density at radius 1 is 1.50 bits per heavy atom. The van der Waals surface area contributed by atoms with Gasteiger partial charge in [-0.25, -0.2) is 4.79 Å². The minimum absolute atomic E-state index is 0.341. The molecule has 0 bridgehead atoms. The van der Waals surface area contributed by atoms with E-state index in [1.54, 1.807) is 36.9 Å². The van der Waals surface area contributed by atoms with E-state index in [9.17, 15) is 4.79 Å². The second-order valence-electron chi connectivity index (χ2n) is 4.36. The van der Waals surface area contributed by atoms with Crippen molar-refractivity contribution in [3.63, 3.8) is 0 Å². The first-order valence-electron chi connectivity index (χ1n) is 6.34. The van der Waals surface area contributed by atoms with Crippen molar-refractivity contribution in [1.29, 1.82) is 5.26 Å². The zero-order valence-electron chi connectivity index (χ0n) is 11.5. The third-order valence-corrected chi connectivity index (χ3v) is 2.84. The van der Waals surface area contributed by atoms with Gasteiger partial charge in [0.2, 0.25) is 0 Å². The molecule has 0 radical (unpaired) electrons. The largest absolute Gasteiger partial charge is 0.462 e. The number of rotatable bonds is 4. The Bertz CT molecular complexity index is 668. The quantitative estimate of drug-likeness (QED) is 0.799. The van der Waals surface area contributed by atoms with Crippen molar-refractivity contribution in [2.75, 3.05) is 6.61 Å². The van der Waals surface area contributed by atoms with Crippen LogP contribution in [0.4, 0.5) is 0 Å². The fraction of sp³-hybridized carbons (Fsp3) is 0.267. The highest BCUT2D eigenvalue weighted by Gasteiger charge is 2.14. The molecule has 20 heavy (non-hydrogen) atoms. The SMILES string of the molecule is CCOC(=O)c1cn(Cc2cccc(C#N)c2)nc1C. The first-order valence-corrected chi connectivity index (χ1v) is 6.34. The summed E-state index contributed by atoms with van der Waals surface area (Å²) in [6.07, 6.45) is 1.67. The summed E-state index contributed by atoms with van der Waals surface area (Å²) in [5, 5.41) is 13.2. The number of aromatic nitrogens is 2. The summed E-state index contributed by atoms with van der Waals surface area (Å²) >= 11 is 0. The van der Waals surface area contributed by atoms with Crippen LogP contribution in [0.25, 0.3) is 0 Å². The maximum atomic E-state index is 11.7. The summed E-state index contributed by atoms with van der Waals surface area (Å²) in [4.78, 5) is 11.7. The zero-order valence-corrected chi connectivity index (χ0v) is 11.5. The number of ether oxygens (including phenoxy) is 1. The van der Waals surface area contributed by atoms with E-state index >= 15 is 0 Å². The molecule has 0 spiro atoms. The van der Waals surface area contributed by atoms with Gasteiger partial charge < -0.3 is 4.74 Å². The summed E-state index contributed by atoms with van der Waals surface area (Å²) in [5.74, 6) is -0.359. The topological polar surface area (TPSA) is 67.9 Å². The summed E-state index contributed by atoms with van der Waals surface area (Å²) in [5.41, 5.74) is 2.68. The second-order valence-corrected chi connectivity index (χ2v) is 4.36. The van der Waals surface area contributed by atoms with E-state index in [0.717, 1.165) is 5.56 Å². The van der Waals surface area contributed by atoms with Crippen molar-refractivity contribution in [3.8, 4) is 6.07 Å². The molecular weight excluding hydrogens is 254 g/mol. The Hall–Kier alpha value is -2.61. The fourth-order valence-electron chi connectivity index (χ4n) is 1.93. The van der Waals surface area contributed by atoms with Crippen molar-refractivity contribution in [1.82, 2.24) is 9.78 Å². The van der Waals surface area contributed by atoms with E-state index in [0.29, 0.717) is 30.0 Å². The van der Waals surface area contributed by atoms with Gasteiger partial charge in [-0.15, -0.1) is 0 Å². The summed E-state index contributed by atoms with van der Waals surface area (Å²) in [6, 6.07) is 9.41. The maximum Gasteiger partial charge on any atom is 0.341 e. The first-order chi connectivity index (χ1) is 9.63. The average Bonchev–Trinajstić information content (AvgIpc) is 2.80. The van der Waals surface area contributed by atoms with Crippen LogP contribution in [0, 0.1) is 18.3 Å². The molecule has 0 atom stereocenters. The molecule has 102 valence electrons. The van der Waals surface area contributed by atoms with Gasteiger partial charge in [0.1, 0.15) is 5.56 Å². The summed E-state index contributed by atoms with van der Waals surface area (Å²) in [7, 11) is 0. The molecule has 0 fully saturated rings. The maximum absolute atomic E-state index is 11.7. The van der Waals surface area contributed by atoms with Gasteiger partial charge in [-0.2, -0.15) is 10.4 Å². The van der Waals surface area contributed by atoms with Gasteiger partial charge in [0, 0.05) is 6.20 Å². The van der Waals surface area contributed by atoms with Crippen molar-refractivity contribution in [2.45, 2.75) is 20.4 Å². The van der Waals surface area contributed by atoms with Crippen LogP contribution in [-0.2, 0) is 11.3 Å². The molecule has 1 aromatic carbocycles. The smallest absolute Gasteiger partial charge is 0.341 e. The van der Waals surface area contributed by atoms with Crippen molar-refractivity contribution in [3.05, 3.63) is 52.8 Å². The molecule has 0 saturated heterocycles. The van der Waals surface area contributed by atoms with E-state index in [1.807, 2.05) is 12.1 Å². The predicted octanol–water partition coefficient (Wildman–Crippen LogP) is 2.29. The van der Waals surface area contributed by atoms with E-state index in [4.69, 9.17) is 10.00 Å². The number of nitriles is 1. The Morgan fingerprint density at radius 3 is 3.00 bits per heavy atom. The molecule has 1 aromatic heterocycles. The lowest BCUT2D eigenvalue weighted by molar-refractivity contribution is 0.0525. The summed E-state index contributed by atoms with van der Waals surface area (Å²) < 4.78 is 6.65. The van der Waals surface area contributed by atoms with Crippen LogP contribution in [0.5, 0.6) is 0 Å². The monoisotopic (exact) mass is 269 g/mol. The van der Waals surface area contributed by atoms with Crippen LogP contribution in [0.15, 0.2) is 30.5 Å². The molecule has 0 unspecified atom stereocenters. The molecule has 5 nitrogen and oxygen atoms in total. The summed E-state index contributed by atoms with van der Waals surface area (Å²) in [6.45, 7) is 4.39. The van der Waals surface area contributed by atoms with E-state index in [-0.39, 0.29) is 5.97 Å². The number of hydrogen-bond donors (Lipinski definition) is 0. The molecule has 0 amide bonds. The normalized spacial score (nSPS) is 10.1. The molecule has 2 aromatic rings. The standard InChI is InChI=1S/C15H15N3O2/c1-3-20-15(19)14-10-18(17-11(14)2)9-13-6-4-5-12(7-13)8-16/h4-7,10H,3,9H2,1-2H3. The highest BCUT2D eigenvalue weighted by Crippen LogP contribution is 2.11. The van der Waals surface area contributed by atoms with Crippen LogP contribution in [-0.4, -0.2) is 22.4 Å². The number of carbonyl (C=O) groups excluding carboxylic acids is 1. The molecule has 0 aliphatic heterocycles. The average molecular weight is 269 g/mol. The lowest BCUT2D eigenvalue weighted by Gasteiger charge is -2.02. The highest BCUT2D eigenvalue weighted by atomic mass is 16.5. The van der Waals surface area contributed by atoms with Crippen LogP contribution in [0.2, 0.25) is 0 Å². The number of benzene rings is 1. The van der Waals surface area contributed by atoms with Gasteiger partial charge in [0.15, 0.2) is 0 Å². The van der Waals surface area contributed by atoms with E-state index in [2.05, 4.69) is 11.2 Å². The van der Waals surface area contributed by atoms with Gasteiger partial charge in [0.25, 0.3) is 0 Å². The number of hydrogen-bond acceptors (Lipinski definition) is 4. The lowest BCUT2D eigenvalue weighted by atomic mass is 10.1. The van der Waals surface area contributed by atoms with Crippen molar-refractivity contribution in [2.24, 2.45) is 0 Å². The van der Waals surface area contributed by atoms with Gasteiger partial charge in [0.05, 0.1) is 30.5 Å². The Labute approximate surface area is 117 Å². The van der Waals surface area contributed by atoms with Gasteiger partial charge in [-0.3, -0.25) is 4.68 Å². The van der Waals surface area contributed by atoms with E-state index < -0.39 is 0 Å². The molecule has 1 heterocycles. The number of nitrogens with zero attached hydrogens (tertiary/aromatic N) is 3. The molecule has 5 heteroatoms. The zero-order chi connectivity index (χ0) is 14.5. The Morgan fingerprint density at radius 2 is 2.30 bits per heavy atom. The van der Waals surface area contributed by atoms with Crippen molar-refractivity contribution >= 4 is 5.97 Å². The van der Waals surface area contributed by atoms with Crippen molar-refractivity contribution < 1.29 is 9.53 Å². The first kappa shape index (κ1) is 13.8. The highest BCUT2D eigenvalue weighted by molar-refractivity contribution is 5.90. The van der Waals surface area contributed by atoms with Gasteiger partial charge in [-0.1, -0.05) is 12.1 Å². The number of esters is 1. The number of carbonyl (C=O) groups is 1. The Balaban J connectivity index is 2.20. The second kappa shape index (κ2) is 6.02. The fourth-order valence-corrected chi connectivity index (χ4v) is 1.93. The molecule has 0 aliphatic carbocycles. The van der Waals surface area contributed by atoms with Crippen LogP contribution in [0.3, 0.4) is 0 Å². The van der Waals surface area contributed by atoms with Gasteiger partial charge in [-0.05, 0) is 31.5 Å². The van der Waals surface area contributed by atoms with E-state index in [1.165, 1.54) is 0 Å². The Kier molecular flexibility index (Phi) is 4.16. The molecule has 0 N–H and O–H groups in total. The molecule has 0 saturated carbocycles. The number of aryl methyl sites for hydroxylation is 1.